The Morgan fingerprint density at radius 2 is 2.25 bits per heavy atom. The van der Waals surface area contributed by atoms with Crippen molar-refractivity contribution in [3.8, 4) is 0 Å². The first-order valence-corrected chi connectivity index (χ1v) is 6.15. The highest BCUT2D eigenvalue weighted by molar-refractivity contribution is 5.46. The minimum atomic E-state index is 0.503. The molecule has 88 valence electrons. The molecular formula is C14H22N2. The van der Waals surface area contributed by atoms with Crippen LogP contribution in [0.15, 0.2) is 24.3 Å². The molecule has 0 heterocycles. The molecule has 1 fully saturated rings. The summed E-state index contributed by atoms with van der Waals surface area (Å²) in [7, 11) is 0. The van der Waals surface area contributed by atoms with Crippen LogP contribution in [-0.2, 0) is 6.54 Å². The van der Waals surface area contributed by atoms with E-state index in [0.717, 1.165) is 0 Å². The molecule has 1 aliphatic rings. The third kappa shape index (κ3) is 2.76. The van der Waals surface area contributed by atoms with Gasteiger partial charge in [-0.1, -0.05) is 26.0 Å². The molecule has 0 radical (unpaired) electrons. The van der Waals surface area contributed by atoms with E-state index in [-0.39, 0.29) is 0 Å². The predicted octanol–water partition coefficient (Wildman–Crippen LogP) is 3.14. The van der Waals surface area contributed by atoms with Gasteiger partial charge in [0.05, 0.1) is 0 Å². The van der Waals surface area contributed by atoms with Gasteiger partial charge in [0.2, 0.25) is 0 Å². The fraction of sp³-hybridized carbons (Fsp3) is 0.571. The molecule has 0 saturated heterocycles. The van der Waals surface area contributed by atoms with Gasteiger partial charge in [0, 0.05) is 18.3 Å². The first kappa shape index (κ1) is 11.5. The van der Waals surface area contributed by atoms with Gasteiger partial charge in [-0.2, -0.15) is 0 Å². The van der Waals surface area contributed by atoms with Crippen molar-refractivity contribution in [1.82, 2.24) is 0 Å². The fourth-order valence-corrected chi connectivity index (χ4v) is 2.58. The van der Waals surface area contributed by atoms with Crippen LogP contribution in [0.1, 0.15) is 38.7 Å². The van der Waals surface area contributed by atoms with Crippen molar-refractivity contribution in [3.63, 3.8) is 0 Å². The van der Waals surface area contributed by atoms with E-state index >= 15 is 0 Å². The Labute approximate surface area is 98.2 Å². The van der Waals surface area contributed by atoms with Gasteiger partial charge >= 0.3 is 0 Å². The van der Waals surface area contributed by atoms with E-state index in [0.29, 0.717) is 18.0 Å². The predicted molar refractivity (Wildman–Crippen MR) is 69.4 cm³/mol. The zero-order chi connectivity index (χ0) is 11.6. The van der Waals surface area contributed by atoms with E-state index in [1.54, 1.807) is 0 Å². The van der Waals surface area contributed by atoms with Crippen molar-refractivity contribution in [2.45, 2.75) is 45.7 Å². The summed E-state index contributed by atoms with van der Waals surface area (Å²) < 4.78 is 0. The van der Waals surface area contributed by atoms with Crippen LogP contribution in [0.3, 0.4) is 0 Å². The van der Waals surface area contributed by atoms with E-state index < -0.39 is 0 Å². The van der Waals surface area contributed by atoms with E-state index in [1.807, 2.05) is 0 Å². The summed E-state index contributed by atoms with van der Waals surface area (Å²) in [5, 5.41) is 3.62. The van der Waals surface area contributed by atoms with E-state index in [9.17, 15) is 0 Å². The maximum Gasteiger partial charge on any atom is 0.0345 e. The lowest BCUT2D eigenvalue weighted by atomic mass is 9.92. The summed E-state index contributed by atoms with van der Waals surface area (Å²) >= 11 is 0. The van der Waals surface area contributed by atoms with Crippen molar-refractivity contribution in [3.05, 3.63) is 29.8 Å². The van der Waals surface area contributed by atoms with Gasteiger partial charge in [-0.3, -0.25) is 0 Å². The maximum atomic E-state index is 5.64. The molecule has 1 aliphatic carbocycles. The number of rotatable bonds is 3. The summed E-state index contributed by atoms with van der Waals surface area (Å²) in [6.07, 6.45) is 3.86. The normalized spacial score (nSPS) is 23.3. The largest absolute Gasteiger partial charge is 0.382 e. The number of anilines is 1. The molecular weight excluding hydrogens is 196 g/mol. The maximum absolute atomic E-state index is 5.64. The van der Waals surface area contributed by atoms with Crippen LogP contribution in [0.5, 0.6) is 0 Å². The smallest absolute Gasteiger partial charge is 0.0345 e. The first-order chi connectivity index (χ1) is 7.59. The van der Waals surface area contributed by atoms with Crippen molar-refractivity contribution in [1.29, 1.82) is 0 Å². The molecule has 0 aliphatic heterocycles. The Kier molecular flexibility index (Phi) is 3.20. The monoisotopic (exact) mass is 218 g/mol. The molecule has 0 spiro atoms. The molecule has 1 saturated carbocycles. The Balaban J connectivity index is 1.99. The average molecular weight is 218 g/mol. The lowest BCUT2D eigenvalue weighted by molar-refractivity contribution is 0.378. The Morgan fingerprint density at radius 1 is 1.44 bits per heavy atom. The Hall–Kier alpha value is -1.02. The molecule has 2 nitrogen and oxygen atoms in total. The second kappa shape index (κ2) is 4.46. The highest BCUT2D eigenvalue weighted by atomic mass is 14.9. The summed E-state index contributed by atoms with van der Waals surface area (Å²) in [5.74, 6) is 0. The van der Waals surface area contributed by atoms with Crippen LogP contribution in [0.2, 0.25) is 0 Å². The van der Waals surface area contributed by atoms with Crippen LogP contribution in [0, 0.1) is 5.41 Å². The first-order valence-electron chi connectivity index (χ1n) is 6.15. The number of hydrogen-bond donors (Lipinski definition) is 2. The van der Waals surface area contributed by atoms with Crippen LogP contribution >= 0.6 is 0 Å². The molecule has 1 atom stereocenters. The van der Waals surface area contributed by atoms with Crippen molar-refractivity contribution < 1.29 is 0 Å². The molecule has 3 N–H and O–H groups in total. The molecule has 0 aromatic heterocycles. The minimum Gasteiger partial charge on any atom is -0.382 e. The molecule has 2 rings (SSSR count). The highest BCUT2D eigenvalue weighted by Crippen LogP contribution is 2.38. The molecule has 2 heteroatoms. The molecule has 1 aromatic rings. The highest BCUT2D eigenvalue weighted by Gasteiger charge is 2.30. The van der Waals surface area contributed by atoms with E-state index in [1.165, 1.54) is 30.5 Å². The zero-order valence-electron chi connectivity index (χ0n) is 10.3. The third-order valence-corrected chi connectivity index (χ3v) is 3.50. The average Bonchev–Trinajstić information content (AvgIpc) is 2.58. The summed E-state index contributed by atoms with van der Waals surface area (Å²) in [6.45, 7) is 5.32. The third-order valence-electron chi connectivity index (χ3n) is 3.50. The second-order valence-electron chi connectivity index (χ2n) is 5.65. The van der Waals surface area contributed by atoms with Gasteiger partial charge in [-0.05, 0) is 42.4 Å². The number of benzene rings is 1. The SMILES string of the molecule is CC1(C)CCC(Nc2cccc(CN)c2)C1. The standard InChI is InChI=1S/C14H22N2/c1-14(2)7-6-13(9-14)16-12-5-3-4-11(8-12)10-15/h3-5,8,13,16H,6-7,9-10,15H2,1-2H3. The van der Waals surface area contributed by atoms with Gasteiger partial charge < -0.3 is 11.1 Å². The number of hydrogen-bond acceptors (Lipinski definition) is 2. The van der Waals surface area contributed by atoms with Gasteiger partial charge in [-0.25, -0.2) is 0 Å². The van der Waals surface area contributed by atoms with Gasteiger partial charge in [0.1, 0.15) is 0 Å². The van der Waals surface area contributed by atoms with Gasteiger partial charge in [-0.15, -0.1) is 0 Å². The summed E-state index contributed by atoms with van der Waals surface area (Å²) in [5.41, 5.74) is 8.56. The van der Waals surface area contributed by atoms with Crippen LogP contribution < -0.4 is 11.1 Å². The number of nitrogens with one attached hydrogen (secondary N) is 1. The van der Waals surface area contributed by atoms with Crippen LogP contribution in [-0.4, -0.2) is 6.04 Å². The quantitative estimate of drug-likeness (QED) is 0.818. The fourth-order valence-electron chi connectivity index (χ4n) is 2.58. The lowest BCUT2D eigenvalue weighted by Crippen LogP contribution is -2.17. The number of nitrogens with two attached hydrogens (primary N) is 1. The molecule has 1 unspecified atom stereocenters. The lowest BCUT2D eigenvalue weighted by Gasteiger charge is -2.18. The summed E-state index contributed by atoms with van der Waals surface area (Å²) in [6, 6.07) is 9.06. The van der Waals surface area contributed by atoms with E-state index in [4.69, 9.17) is 5.73 Å². The van der Waals surface area contributed by atoms with Gasteiger partial charge in [0.25, 0.3) is 0 Å². The Morgan fingerprint density at radius 3 is 2.88 bits per heavy atom. The molecule has 0 bridgehead atoms. The van der Waals surface area contributed by atoms with Gasteiger partial charge in [0.15, 0.2) is 0 Å². The zero-order valence-corrected chi connectivity index (χ0v) is 10.3. The van der Waals surface area contributed by atoms with Crippen molar-refractivity contribution in [2.75, 3.05) is 5.32 Å². The molecule has 16 heavy (non-hydrogen) atoms. The van der Waals surface area contributed by atoms with Crippen molar-refractivity contribution >= 4 is 5.69 Å². The van der Waals surface area contributed by atoms with Crippen LogP contribution in [0.25, 0.3) is 0 Å². The topological polar surface area (TPSA) is 38.0 Å². The molecule has 0 amide bonds. The minimum absolute atomic E-state index is 0.503. The molecule has 1 aromatic carbocycles. The Bertz CT molecular complexity index is 358. The van der Waals surface area contributed by atoms with Crippen molar-refractivity contribution in [2.24, 2.45) is 11.1 Å². The van der Waals surface area contributed by atoms with E-state index in [2.05, 4.69) is 43.4 Å². The van der Waals surface area contributed by atoms with Crippen LogP contribution in [0.4, 0.5) is 5.69 Å². The summed E-state index contributed by atoms with van der Waals surface area (Å²) in [4.78, 5) is 0. The second-order valence-corrected chi connectivity index (χ2v) is 5.65.